The lowest BCUT2D eigenvalue weighted by Crippen LogP contribution is -2.36. The Bertz CT molecular complexity index is 863. The van der Waals surface area contributed by atoms with Gasteiger partial charge in [-0.2, -0.15) is 0 Å². The Kier molecular flexibility index (Phi) is 4.71. The molecule has 0 fully saturated rings. The summed E-state index contributed by atoms with van der Waals surface area (Å²) >= 11 is 6.87. The number of rotatable bonds is 3. The quantitative estimate of drug-likeness (QED) is 0.446. The molecule has 120 valence electrons. The van der Waals surface area contributed by atoms with Gasteiger partial charge in [-0.05, 0) is 36.4 Å². The zero-order valence-electron chi connectivity index (χ0n) is 12.9. The number of hydrogen-bond donors (Lipinski definition) is 3. The summed E-state index contributed by atoms with van der Waals surface area (Å²) in [7, 11) is 0. The Hall–Kier alpha value is -2.53. The van der Waals surface area contributed by atoms with Crippen LogP contribution in [-0.4, -0.2) is 16.8 Å². The fourth-order valence-corrected chi connectivity index (χ4v) is 3.85. The SMILES string of the molecule is CC1=C(C(=O)Nc2ccccc2)C(c2cccs2)C(=C=N)C(=S)N1. The Morgan fingerprint density at radius 1 is 1.29 bits per heavy atom. The summed E-state index contributed by atoms with van der Waals surface area (Å²) in [6.45, 7) is 1.83. The van der Waals surface area contributed by atoms with Gasteiger partial charge in [0.05, 0.1) is 11.5 Å². The number of amides is 1. The van der Waals surface area contributed by atoms with E-state index >= 15 is 0 Å². The first kappa shape index (κ1) is 16.3. The first-order valence-electron chi connectivity index (χ1n) is 7.33. The number of thiophene rings is 1. The van der Waals surface area contributed by atoms with Crippen LogP contribution in [0.5, 0.6) is 0 Å². The maximum Gasteiger partial charge on any atom is 0.254 e. The fraction of sp³-hybridized carbons (Fsp3) is 0.111. The molecule has 1 unspecified atom stereocenters. The first-order valence-corrected chi connectivity index (χ1v) is 8.62. The Labute approximate surface area is 149 Å². The van der Waals surface area contributed by atoms with Crippen molar-refractivity contribution in [2.24, 2.45) is 0 Å². The van der Waals surface area contributed by atoms with Crippen molar-refractivity contribution < 1.29 is 4.79 Å². The Morgan fingerprint density at radius 3 is 2.67 bits per heavy atom. The second-order valence-corrected chi connectivity index (χ2v) is 6.69. The second kappa shape index (κ2) is 6.93. The minimum absolute atomic E-state index is 0.208. The highest BCUT2D eigenvalue weighted by atomic mass is 32.1. The van der Waals surface area contributed by atoms with E-state index in [-0.39, 0.29) is 11.8 Å². The van der Waals surface area contributed by atoms with Crippen LogP contribution in [0.1, 0.15) is 17.7 Å². The van der Waals surface area contributed by atoms with E-state index in [4.69, 9.17) is 17.6 Å². The molecule has 0 radical (unpaired) electrons. The van der Waals surface area contributed by atoms with Gasteiger partial charge in [-0.1, -0.05) is 36.5 Å². The van der Waals surface area contributed by atoms with Gasteiger partial charge in [0.2, 0.25) is 0 Å². The first-order chi connectivity index (χ1) is 11.6. The van der Waals surface area contributed by atoms with Crippen LogP contribution < -0.4 is 10.6 Å². The molecule has 3 rings (SSSR count). The van der Waals surface area contributed by atoms with Crippen molar-refractivity contribution in [2.45, 2.75) is 12.8 Å². The molecule has 24 heavy (non-hydrogen) atoms. The molecule has 0 spiro atoms. The Morgan fingerprint density at radius 2 is 2.04 bits per heavy atom. The van der Waals surface area contributed by atoms with Crippen molar-refractivity contribution in [2.75, 3.05) is 5.32 Å². The molecule has 1 aliphatic rings. The van der Waals surface area contributed by atoms with Crippen LogP contribution in [0.25, 0.3) is 0 Å². The summed E-state index contributed by atoms with van der Waals surface area (Å²) in [4.78, 5) is 14.3. The second-order valence-electron chi connectivity index (χ2n) is 5.30. The number of allylic oxidation sites excluding steroid dienone is 1. The standard InChI is InChI=1S/C18H15N3OS2/c1-11-15(17(22)21-12-6-3-2-4-7-12)16(14-8-5-9-24-14)13(10-19)18(23)20-11/h2-9,16,19H,1H3,(H,20,23)(H,21,22). The molecule has 1 aromatic carbocycles. The average molecular weight is 353 g/mol. The van der Waals surface area contributed by atoms with Crippen molar-refractivity contribution in [1.29, 1.82) is 5.41 Å². The third-order valence-electron chi connectivity index (χ3n) is 3.77. The van der Waals surface area contributed by atoms with Crippen molar-refractivity contribution >= 4 is 46.0 Å². The molecule has 1 atom stereocenters. The lowest BCUT2D eigenvalue weighted by atomic mass is 9.85. The van der Waals surface area contributed by atoms with E-state index in [0.29, 0.717) is 21.8 Å². The molecule has 1 amide bonds. The third kappa shape index (κ3) is 3.08. The van der Waals surface area contributed by atoms with Gasteiger partial charge in [-0.25, -0.2) is 0 Å². The minimum Gasteiger partial charge on any atom is -0.349 e. The van der Waals surface area contributed by atoms with Gasteiger partial charge < -0.3 is 10.6 Å². The maximum absolute atomic E-state index is 12.9. The van der Waals surface area contributed by atoms with Gasteiger partial charge in [-0.15, -0.1) is 11.3 Å². The number of carbonyl (C=O) groups is 1. The van der Waals surface area contributed by atoms with Gasteiger partial charge in [0.15, 0.2) is 0 Å². The summed E-state index contributed by atoms with van der Waals surface area (Å²) in [5.74, 6) is 1.83. The maximum atomic E-state index is 12.9. The van der Waals surface area contributed by atoms with E-state index < -0.39 is 0 Å². The summed E-state index contributed by atoms with van der Waals surface area (Å²) in [6.07, 6.45) is 0. The van der Waals surface area contributed by atoms with Crippen LogP contribution in [0.2, 0.25) is 0 Å². The van der Waals surface area contributed by atoms with Gasteiger partial charge in [-0.3, -0.25) is 10.2 Å². The van der Waals surface area contributed by atoms with Crippen molar-refractivity contribution in [1.82, 2.24) is 5.32 Å². The number of thiocarbonyl (C=S) groups is 1. The predicted molar refractivity (Wildman–Crippen MR) is 102 cm³/mol. The van der Waals surface area contributed by atoms with Gasteiger partial charge >= 0.3 is 0 Å². The van der Waals surface area contributed by atoms with Crippen LogP contribution in [0, 0.1) is 5.41 Å². The molecular formula is C18H15N3OS2. The predicted octanol–water partition coefficient (Wildman–Crippen LogP) is 3.85. The topological polar surface area (TPSA) is 65.0 Å². The van der Waals surface area contributed by atoms with Crippen molar-refractivity contribution in [3.05, 3.63) is 69.6 Å². The summed E-state index contributed by atoms with van der Waals surface area (Å²) in [6, 6.07) is 13.2. The molecule has 0 aliphatic carbocycles. The van der Waals surface area contributed by atoms with Crippen molar-refractivity contribution in [3.63, 3.8) is 0 Å². The molecule has 4 nitrogen and oxygen atoms in total. The van der Waals surface area contributed by atoms with Gasteiger partial charge in [0.1, 0.15) is 4.99 Å². The molecule has 6 heteroatoms. The number of hydrogen-bond acceptors (Lipinski definition) is 4. The zero-order chi connectivity index (χ0) is 17.1. The lowest BCUT2D eigenvalue weighted by Gasteiger charge is -2.28. The minimum atomic E-state index is -0.375. The number of anilines is 1. The highest BCUT2D eigenvalue weighted by Gasteiger charge is 2.35. The molecule has 0 saturated heterocycles. The molecule has 1 aliphatic heterocycles. The van der Waals surface area contributed by atoms with Gasteiger partial charge in [0.25, 0.3) is 5.91 Å². The zero-order valence-corrected chi connectivity index (χ0v) is 14.6. The molecule has 0 saturated carbocycles. The summed E-state index contributed by atoms with van der Waals surface area (Å²) < 4.78 is 0. The van der Waals surface area contributed by atoms with E-state index in [2.05, 4.69) is 16.5 Å². The van der Waals surface area contributed by atoms with Crippen LogP contribution in [0.3, 0.4) is 0 Å². The summed E-state index contributed by atoms with van der Waals surface area (Å²) in [5, 5.41) is 15.5. The average Bonchev–Trinajstić information content (AvgIpc) is 3.09. The molecule has 0 bridgehead atoms. The van der Waals surface area contributed by atoms with Crippen LogP contribution in [0.4, 0.5) is 5.69 Å². The molecule has 2 aromatic rings. The highest BCUT2D eigenvalue weighted by Crippen LogP contribution is 2.38. The lowest BCUT2D eigenvalue weighted by molar-refractivity contribution is -0.113. The van der Waals surface area contributed by atoms with Crippen LogP contribution in [0.15, 0.2) is 64.7 Å². The van der Waals surface area contributed by atoms with Crippen LogP contribution in [-0.2, 0) is 4.79 Å². The fourth-order valence-electron chi connectivity index (χ4n) is 2.69. The largest absolute Gasteiger partial charge is 0.349 e. The van der Waals surface area contributed by atoms with E-state index in [1.54, 1.807) is 0 Å². The van der Waals surface area contributed by atoms with E-state index in [0.717, 1.165) is 10.6 Å². The summed E-state index contributed by atoms with van der Waals surface area (Å²) in [5.41, 5.74) is 2.49. The monoisotopic (exact) mass is 353 g/mol. The van der Waals surface area contributed by atoms with E-state index in [1.165, 1.54) is 11.3 Å². The van der Waals surface area contributed by atoms with E-state index in [9.17, 15) is 4.79 Å². The molecule has 3 N–H and O–H groups in total. The Balaban J connectivity index is 2.04. The normalized spacial score (nSPS) is 17.3. The number of benzene rings is 1. The molecular weight excluding hydrogens is 338 g/mol. The number of carbonyl (C=O) groups excluding carboxylic acids is 1. The third-order valence-corrected chi connectivity index (χ3v) is 5.02. The number of para-hydroxylation sites is 1. The van der Waals surface area contributed by atoms with E-state index in [1.807, 2.05) is 54.8 Å². The molecule has 2 heterocycles. The smallest absolute Gasteiger partial charge is 0.254 e. The number of nitrogens with one attached hydrogen (secondary N) is 3. The molecule has 1 aromatic heterocycles. The van der Waals surface area contributed by atoms with Gasteiger partial charge in [0, 0.05) is 21.8 Å². The highest BCUT2D eigenvalue weighted by molar-refractivity contribution is 7.80. The van der Waals surface area contributed by atoms with Crippen LogP contribution >= 0.6 is 23.6 Å². The van der Waals surface area contributed by atoms with Crippen molar-refractivity contribution in [3.8, 4) is 0 Å².